The van der Waals surface area contributed by atoms with E-state index in [2.05, 4.69) is 70.0 Å². The fraction of sp³-hybridized carbons (Fsp3) is 0.342. The first-order valence-corrected chi connectivity index (χ1v) is 55.0. The van der Waals surface area contributed by atoms with Crippen LogP contribution in [0, 0.1) is 63.8 Å². The van der Waals surface area contributed by atoms with Crippen LogP contribution in [0.25, 0.3) is 0 Å². The summed E-state index contributed by atoms with van der Waals surface area (Å²) < 4.78 is 95.1. The molecular formula is C111H126Cl2IN4NaO25S4. The fourth-order valence-corrected chi connectivity index (χ4v) is 24.6. The van der Waals surface area contributed by atoms with Crippen molar-refractivity contribution in [2.24, 2.45) is 60.4 Å². The molecule has 4 fully saturated rings. The molecule has 29 nitrogen and oxygen atoms in total. The van der Waals surface area contributed by atoms with Gasteiger partial charge in [0.15, 0.2) is 10.8 Å². The Morgan fingerprint density at radius 3 is 1.11 bits per heavy atom. The summed E-state index contributed by atoms with van der Waals surface area (Å²) in [5, 5.41) is 17.2. The molecule has 786 valence electrons. The van der Waals surface area contributed by atoms with Crippen LogP contribution in [0.3, 0.4) is 0 Å². The van der Waals surface area contributed by atoms with Crippen molar-refractivity contribution in [3.8, 4) is 0 Å². The van der Waals surface area contributed by atoms with E-state index in [9.17, 15) is 69.6 Å². The summed E-state index contributed by atoms with van der Waals surface area (Å²) in [6, 6.07) is 82.2. The van der Waals surface area contributed by atoms with E-state index in [4.69, 9.17) is 63.8 Å². The number of fused-ring (bicyclic) bond motifs is 1. The number of carbonyl (C=O) groups excluding carboxylic acids is 9. The van der Waals surface area contributed by atoms with Crippen molar-refractivity contribution < 1.29 is 149 Å². The number of rotatable bonds is 31. The van der Waals surface area contributed by atoms with Crippen LogP contribution in [-0.2, 0) is 137 Å². The Kier molecular flexibility index (Phi) is 54.5. The zero-order valence-electron chi connectivity index (χ0n) is 84.4. The van der Waals surface area contributed by atoms with E-state index in [0.29, 0.717) is 74.8 Å². The van der Waals surface area contributed by atoms with E-state index in [1.54, 1.807) is 77.1 Å². The number of hydrogen-bond donors (Lipinski definition) is 4. The molecule has 9 aromatic carbocycles. The number of aryl methyl sites for hydroxylation is 2. The van der Waals surface area contributed by atoms with Crippen LogP contribution in [0.15, 0.2) is 332 Å². The molecule has 0 radical (unpaired) electrons. The molecule has 0 aromatic heterocycles. The number of aldehydes is 1. The Morgan fingerprint density at radius 1 is 0.439 bits per heavy atom. The largest absolute Gasteiger partial charge is 1.00 e. The van der Waals surface area contributed by atoms with Gasteiger partial charge in [-0.2, -0.15) is 12.7 Å². The minimum Gasteiger partial charge on any atom is -1.00 e. The Bertz CT molecular complexity index is 5980. The summed E-state index contributed by atoms with van der Waals surface area (Å²) >= 11 is 13.3. The third kappa shape index (κ3) is 40.3. The monoisotopic (exact) mass is 2260 g/mol. The second-order valence-corrected chi connectivity index (χ2v) is 44.3. The summed E-state index contributed by atoms with van der Waals surface area (Å²) in [4.78, 5) is 127. The molecule has 1 saturated heterocycles. The number of piperidine rings is 1. The van der Waals surface area contributed by atoms with Gasteiger partial charge in [-0.05, 0) is 180 Å². The first-order chi connectivity index (χ1) is 70.7. The molecule has 1 aliphatic heterocycles. The predicted octanol–water partition coefficient (Wildman–Crippen LogP) is 16.6. The van der Waals surface area contributed by atoms with E-state index in [-0.39, 0.29) is 156 Å². The summed E-state index contributed by atoms with van der Waals surface area (Å²) in [6.45, 7) is 5.08. The standard InChI is InChI=1S/C26H27NO2S2.C20H21NO4S.C14H17NO3.C13H12INO2S.C13H14O2.C9H12O4.C7H8O4.C5H8O4.C4H6Cl2.Na.H/c27-24-17-20(25(28)29-18-19-10-4-1-5-11-19)16-23(24)26(30-21-12-6-2-7-13-21)31-22-14-8-3-9-15-22;1-14-7-9-17(10-8-14)26(23,24)21-18-11-16(12-19(18)21)20(22)25-13-15-5-3-2-4-6-15;15-13-7-11(6-12(13)8-16)14(17)18-9-10-4-2-1-3-5-10;1-11-7-9-13(10-8-11)18(16,17)15-14-12-5-3-2-4-6-12;14-13(12-8-4-5-9-12)15-10-11-6-2-1-3-7-11;1-12-7(10)9(8(11)13-2)5-3-4-6-9;8-5(9)7(6(10)11)3-1-2-4-7;1-8-4(6)3-5(7)9-2;5-3-1-2-4-6;;/h1-15,20,23-24,26H,16-18,27H2;2-10,16,18-19H,11-13H2,1H3;1-5,8,11-13H,6-7,9,15H2;2-10H,1H3;1-7,12H,8-10H2;3-4H,5-6H2,1-2H3;1-2H,3-4H2,(H,8,9)(H,10,11);3H2,1-2H3;1-2H,3-4H2;;/q;;;;;;;;;+1;-1/b;;;;;;;;2-1+;;. The van der Waals surface area contributed by atoms with Crippen molar-refractivity contribution in [2.45, 2.75) is 172 Å². The topological polar surface area (TPSA) is 438 Å². The van der Waals surface area contributed by atoms with Gasteiger partial charge in [-0.3, -0.25) is 47.9 Å². The number of methoxy groups -OCH3 is 4. The van der Waals surface area contributed by atoms with Crippen LogP contribution in [0.5, 0.6) is 0 Å². The Labute approximate surface area is 917 Å². The summed E-state index contributed by atoms with van der Waals surface area (Å²) in [5.41, 5.74) is 15.7. The first-order valence-electron chi connectivity index (χ1n) is 47.2. The average molecular weight is 2270 g/mol. The van der Waals surface area contributed by atoms with Gasteiger partial charge in [0.05, 0.1) is 66.5 Å². The van der Waals surface area contributed by atoms with Gasteiger partial charge in [0.25, 0.3) is 10.0 Å². The fourth-order valence-electron chi connectivity index (χ4n) is 15.9. The average Bonchev–Trinajstić information content (AvgIpc) is 1.55. The van der Waals surface area contributed by atoms with E-state index >= 15 is 0 Å². The number of carboxylic acid groups (broad SMARTS) is 2. The number of nitrogens with zero attached hydrogens (tertiary/aromatic N) is 2. The molecule has 148 heavy (non-hydrogen) atoms. The van der Waals surface area contributed by atoms with Gasteiger partial charge >= 0.3 is 89.3 Å². The maximum absolute atomic E-state index is 12.8. The Balaban J connectivity index is 0.000000264. The zero-order valence-corrected chi connectivity index (χ0v) is 92.3. The number of esters is 8. The Hall–Kier alpha value is -11.1. The molecule has 6 aliphatic carbocycles. The third-order valence-electron chi connectivity index (χ3n) is 24.3. The molecule has 8 atom stereocenters. The van der Waals surface area contributed by atoms with E-state index < -0.39 is 87.7 Å². The molecule has 8 unspecified atom stereocenters. The van der Waals surface area contributed by atoms with Gasteiger partial charge in [0.2, 0.25) is 10.0 Å². The maximum Gasteiger partial charge on any atom is 1.00 e. The number of carbonyl (C=O) groups is 11. The van der Waals surface area contributed by atoms with Crippen LogP contribution in [0.2, 0.25) is 0 Å². The first kappa shape index (κ1) is 124. The molecular weight excluding hydrogens is 2140 g/mol. The number of alkyl halides is 2. The third-order valence-corrected chi connectivity index (χ3v) is 34.0. The number of allylic oxidation sites excluding steroid dienone is 8. The molecule has 9 aromatic rings. The van der Waals surface area contributed by atoms with Crippen LogP contribution >= 0.6 is 67.8 Å². The second kappa shape index (κ2) is 65.1. The molecule has 3 saturated carbocycles. The normalized spacial score (nSPS) is 19.4. The number of nitrogens with two attached hydrogens (primary N) is 2. The van der Waals surface area contributed by atoms with Crippen molar-refractivity contribution in [3.05, 3.63) is 346 Å². The molecule has 0 spiro atoms. The summed E-state index contributed by atoms with van der Waals surface area (Å²) in [7, 11) is -2.00. The minimum atomic E-state index is -3.50. The number of sulfonamides is 2. The van der Waals surface area contributed by atoms with Crippen LogP contribution in [0.1, 0.15) is 118 Å². The number of aliphatic carboxylic acids is 2. The van der Waals surface area contributed by atoms with Crippen LogP contribution in [0.4, 0.5) is 0 Å². The molecule has 37 heteroatoms. The van der Waals surface area contributed by atoms with E-state index in [1.165, 1.54) is 38.2 Å². The van der Waals surface area contributed by atoms with Gasteiger partial charge in [0, 0.05) is 76.2 Å². The maximum atomic E-state index is 12.8. The van der Waals surface area contributed by atoms with E-state index in [1.807, 2.05) is 225 Å². The second-order valence-electron chi connectivity index (χ2n) is 34.7. The number of hydrogen-bond acceptors (Lipinski definition) is 27. The summed E-state index contributed by atoms with van der Waals surface area (Å²) in [6.07, 6.45) is 21.1. The van der Waals surface area contributed by atoms with Crippen LogP contribution in [-0.4, -0.2) is 166 Å². The number of benzene rings is 9. The minimum absolute atomic E-state index is 0. The van der Waals surface area contributed by atoms with Crippen molar-refractivity contribution in [3.63, 3.8) is 0 Å². The van der Waals surface area contributed by atoms with Crippen molar-refractivity contribution in [2.75, 3.05) is 40.2 Å². The SMILES string of the molecule is COC(=O)C1(C(=O)OC)CC=CC1.COC(=O)CC(=O)OC.Cc1ccc(S(=O)(=O)N2C3CC(C(=O)OCc4ccccc4)CC32)cc1.Cc1ccc(S(=O)(=O)N=Ic2ccccc2)cc1.ClC/C=C/CCl.NC1CC(C(=O)OCc2ccccc2)CC1C(Sc1ccccc1)Sc1ccccc1.NC1CC(C(=O)OCc2ccccc2)CC1C=O.O=C(O)C1(C(=O)O)CC=CC1.O=C(OCc1ccccc1)C1CC=CC1.[H-].[Na+]. The molecule has 6 N–H and O–H groups in total. The molecule has 0 amide bonds. The molecule has 7 aliphatic rings. The predicted molar refractivity (Wildman–Crippen MR) is 571 cm³/mol. The molecule has 16 rings (SSSR count). The van der Waals surface area contributed by atoms with Crippen molar-refractivity contribution in [1.82, 2.24) is 4.31 Å². The van der Waals surface area contributed by atoms with Crippen molar-refractivity contribution >= 4 is 154 Å². The van der Waals surface area contributed by atoms with Crippen molar-refractivity contribution in [1.29, 1.82) is 0 Å². The molecule has 0 bridgehead atoms. The van der Waals surface area contributed by atoms with Crippen LogP contribution < -0.4 is 41.0 Å². The van der Waals surface area contributed by atoms with Gasteiger partial charge in [-0.15, -0.1) is 49.3 Å². The number of carboxylic acids is 2. The summed E-state index contributed by atoms with van der Waals surface area (Å²) in [5.74, 6) is -4.80. The Morgan fingerprint density at radius 2 is 0.770 bits per heavy atom. The van der Waals surface area contributed by atoms with Gasteiger partial charge in [-0.1, -0.05) is 260 Å². The number of thioether (sulfide) groups is 2. The number of halogens is 3. The van der Waals surface area contributed by atoms with Gasteiger partial charge < -0.3 is 65.8 Å². The number of ether oxygens (including phenoxy) is 8. The van der Waals surface area contributed by atoms with Gasteiger partial charge in [0.1, 0.15) is 39.1 Å². The smallest absolute Gasteiger partial charge is 1.00 e. The quantitative estimate of drug-likeness (QED) is 0.00268. The van der Waals surface area contributed by atoms with Gasteiger partial charge in [-0.25, -0.2) is 8.42 Å². The van der Waals surface area contributed by atoms with E-state index in [0.717, 1.165) is 62.5 Å². The molecule has 1 heterocycles. The zero-order chi connectivity index (χ0) is 107.